The van der Waals surface area contributed by atoms with Crippen molar-refractivity contribution in [1.29, 1.82) is 0 Å². The first kappa shape index (κ1) is 42.8. The number of allylic oxidation sites excluding steroid dienone is 3. The zero-order valence-electron chi connectivity index (χ0n) is 30.9. The number of rotatable bonds is 11. The molecule has 2 aromatic rings. The lowest BCUT2D eigenvalue weighted by Crippen LogP contribution is -2.33. The lowest BCUT2D eigenvalue weighted by Gasteiger charge is -2.21. The number of ether oxygens (including phenoxy) is 3. The lowest BCUT2D eigenvalue weighted by molar-refractivity contribution is -0.117. The van der Waals surface area contributed by atoms with Crippen molar-refractivity contribution in [2.24, 2.45) is 11.3 Å². The second-order valence-electron chi connectivity index (χ2n) is 12.4. The number of amides is 1. The number of carbonyl (C=O) groups is 1. The van der Waals surface area contributed by atoms with E-state index in [4.69, 9.17) is 4.74 Å². The van der Waals surface area contributed by atoms with Gasteiger partial charge in [-0.15, -0.1) is 0 Å². The van der Waals surface area contributed by atoms with Gasteiger partial charge >= 0.3 is 0 Å². The SMILES string of the molecule is C/C=C(\NCCC)C(=O)NCCC1CC(OCC(C)(C)C)=C(c2c(C)cc(-c3ccc(F)cn3)cc2C)C1.CC.COC.COC. The number of methoxy groups -OCH3 is 2. The van der Waals surface area contributed by atoms with E-state index in [1.165, 1.54) is 23.4 Å². The van der Waals surface area contributed by atoms with Crippen molar-refractivity contribution in [2.45, 2.75) is 88.0 Å². The Bertz CT molecular complexity index is 1190. The number of aromatic nitrogens is 1. The third-order valence-electron chi connectivity index (χ3n) is 6.78. The topological polar surface area (TPSA) is 81.7 Å². The van der Waals surface area contributed by atoms with Crippen molar-refractivity contribution in [3.8, 4) is 11.3 Å². The van der Waals surface area contributed by atoms with Gasteiger partial charge in [0, 0.05) is 53.5 Å². The number of hydrogen-bond donors (Lipinski definition) is 2. The second kappa shape index (κ2) is 23.1. The van der Waals surface area contributed by atoms with Crippen LogP contribution in [0.2, 0.25) is 0 Å². The van der Waals surface area contributed by atoms with Gasteiger partial charge in [-0.05, 0) is 97.9 Å². The lowest BCUT2D eigenvalue weighted by atomic mass is 9.90. The van der Waals surface area contributed by atoms with Gasteiger partial charge in [0.2, 0.25) is 0 Å². The molecule has 1 atom stereocenters. The molecule has 1 heterocycles. The Hall–Kier alpha value is -3.23. The summed E-state index contributed by atoms with van der Waals surface area (Å²) in [7, 11) is 6.50. The van der Waals surface area contributed by atoms with Gasteiger partial charge in [0.05, 0.1) is 24.2 Å². The second-order valence-corrected chi connectivity index (χ2v) is 12.4. The summed E-state index contributed by atoms with van der Waals surface area (Å²) < 4.78 is 28.3. The molecule has 46 heavy (non-hydrogen) atoms. The minimum atomic E-state index is -0.336. The molecule has 1 aromatic heterocycles. The fourth-order valence-corrected chi connectivity index (χ4v) is 4.95. The summed E-state index contributed by atoms with van der Waals surface area (Å²) in [5.74, 6) is 1.08. The van der Waals surface area contributed by atoms with Gasteiger partial charge < -0.3 is 24.8 Å². The van der Waals surface area contributed by atoms with E-state index >= 15 is 0 Å². The number of halogens is 1. The third kappa shape index (κ3) is 15.4. The molecule has 0 saturated heterocycles. The highest BCUT2D eigenvalue weighted by Gasteiger charge is 2.29. The molecule has 1 aromatic carbocycles. The largest absolute Gasteiger partial charge is 0.497 e. The Labute approximate surface area is 279 Å². The summed E-state index contributed by atoms with van der Waals surface area (Å²) in [6.45, 7) is 20.8. The number of hydrogen-bond acceptors (Lipinski definition) is 6. The van der Waals surface area contributed by atoms with Crippen molar-refractivity contribution in [1.82, 2.24) is 15.6 Å². The van der Waals surface area contributed by atoms with Gasteiger partial charge in [-0.2, -0.15) is 0 Å². The van der Waals surface area contributed by atoms with E-state index in [2.05, 4.69) is 78.8 Å². The van der Waals surface area contributed by atoms with Crippen LogP contribution in [0, 0.1) is 31.0 Å². The van der Waals surface area contributed by atoms with Crippen molar-refractivity contribution in [3.63, 3.8) is 0 Å². The standard InChI is InChI=1S/C32H44FN3O2.2C2H6O.C2H6/c1-8-13-34-27(9-2)31(37)35-14-12-23-17-26(29(18-23)38-20-32(5,6)7)30-21(3)15-24(16-22(30)4)28-11-10-25(33)19-36-28;2*1-3-2;1-2/h9-11,15-16,19,23,34H,8,12-14,17-18,20H2,1-7H3,(H,35,37);2*1-2H3;1-2H3/b27-9-;;;. The molecule has 1 unspecified atom stereocenters. The molecular formula is C38H62FN3O4. The van der Waals surface area contributed by atoms with Gasteiger partial charge in [-0.1, -0.05) is 47.6 Å². The monoisotopic (exact) mass is 643 g/mol. The van der Waals surface area contributed by atoms with Crippen LogP contribution in [0.4, 0.5) is 4.39 Å². The van der Waals surface area contributed by atoms with Gasteiger partial charge in [-0.25, -0.2) is 4.39 Å². The molecule has 0 aliphatic heterocycles. The molecule has 260 valence electrons. The van der Waals surface area contributed by atoms with E-state index in [0.29, 0.717) is 24.8 Å². The number of nitrogens with zero attached hydrogens (tertiary/aromatic N) is 1. The van der Waals surface area contributed by atoms with Crippen LogP contribution < -0.4 is 10.6 Å². The van der Waals surface area contributed by atoms with Crippen molar-refractivity contribution in [2.75, 3.05) is 48.1 Å². The first-order valence-corrected chi connectivity index (χ1v) is 16.4. The highest BCUT2D eigenvalue weighted by atomic mass is 19.1. The van der Waals surface area contributed by atoms with Crippen LogP contribution >= 0.6 is 0 Å². The van der Waals surface area contributed by atoms with Gasteiger partial charge in [0.1, 0.15) is 11.6 Å². The summed E-state index contributed by atoms with van der Waals surface area (Å²) >= 11 is 0. The van der Waals surface area contributed by atoms with Crippen LogP contribution in [0.1, 0.15) is 90.8 Å². The molecule has 1 amide bonds. The molecular weight excluding hydrogens is 581 g/mol. The van der Waals surface area contributed by atoms with E-state index in [1.807, 2.05) is 26.8 Å². The minimum absolute atomic E-state index is 0.0481. The maximum Gasteiger partial charge on any atom is 0.267 e. The molecule has 0 saturated carbocycles. The average molecular weight is 644 g/mol. The highest BCUT2D eigenvalue weighted by Crippen LogP contribution is 2.43. The number of pyridine rings is 1. The average Bonchev–Trinajstić information content (AvgIpc) is 3.40. The summed E-state index contributed by atoms with van der Waals surface area (Å²) in [6, 6.07) is 7.43. The summed E-state index contributed by atoms with van der Waals surface area (Å²) in [5.41, 5.74) is 7.24. The number of benzene rings is 1. The Balaban J connectivity index is 0.00000230. The number of carbonyl (C=O) groups excluding carboxylic acids is 1. The maximum atomic E-state index is 13.4. The molecule has 0 fully saturated rings. The Morgan fingerprint density at radius 2 is 1.59 bits per heavy atom. The van der Waals surface area contributed by atoms with E-state index in [0.717, 1.165) is 60.4 Å². The molecule has 2 N–H and O–H groups in total. The van der Waals surface area contributed by atoms with Crippen LogP contribution in [0.5, 0.6) is 0 Å². The van der Waals surface area contributed by atoms with Crippen LogP contribution in [-0.2, 0) is 19.0 Å². The quantitative estimate of drug-likeness (QED) is 0.239. The van der Waals surface area contributed by atoms with E-state index in [-0.39, 0.29) is 17.1 Å². The van der Waals surface area contributed by atoms with E-state index < -0.39 is 0 Å². The van der Waals surface area contributed by atoms with Crippen LogP contribution in [0.25, 0.3) is 16.8 Å². The molecule has 0 spiro atoms. The molecule has 1 aliphatic rings. The molecule has 3 rings (SSSR count). The normalized spacial score (nSPS) is 14.2. The number of aryl methyl sites for hydroxylation is 2. The van der Waals surface area contributed by atoms with Gasteiger partial charge in [0.25, 0.3) is 5.91 Å². The summed E-state index contributed by atoms with van der Waals surface area (Å²) in [4.78, 5) is 16.8. The highest BCUT2D eigenvalue weighted by molar-refractivity contribution is 5.92. The Kier molecular flexibility index (Phi) is 21.5. The van der Waals surface area contributed by atoms with Crippen molar-refractivity contribution in [3.05, 3.63) is 70.5 Å². The summed E-state index contributed by atoms with van der Waals surface area (Å²) in [6.07, 6.45) is 6.72. The smallest absolute Gasteiger partial charge is 0.267 e. The zero-order chi connectivity index (χ0) is 35.3. The van der Waals surface area contributed by atoms with E-state index in [1.54, 1.807) is 34.5 Å². The molecule has 7 nitrogen and oxygen atoms in total. The minimum Gasteiger partial charge on any atom is -0.497 e. The predicted molar refractivity (Wildman–Crippen MR) is 191 cm³/mol. The fourth-order valence-electron chi connectivity index (χ4n) is 4.95. The third-order valence-corrected chi connectivity index (χ3v) is 6.78. The van der Waals surface area contributed by atoms with Crippen LogP contribution in [0.3, 0.4) is 0 Å². The van der Waals surface area contributed by atoms with Crippen LogP contribution in [0.15, 0.2) is 48.0 Å². The van der Waals surface area contributed by atoms with Crippen molar-refractivity contribution >= 4 is 11.5 Å². The van der Waals surface area contributed by atoms with Crippen LogP contribution in [-0.4, -0.2) is 59.0 Å². The maximum absolute atomic E-state index is 13.4. The number of nitrogens with one attached hydrogen (secondary N) is 2. The fraction of sp³-hybridized carbons (Fsp3) is 0.579. The molecule has 0 radical (unpaired) electrons. The molecule has 8 heteroatoms. The first-order valence-electron chi connectivity index (χ1n) is 16.4. The Morgan fingerprint density at radius 3 is 2.07 bits per heavy atom. The molecule has 0 bridgehead atoms. The summed E-state index contributed by atoms with van der Waals surface area (Å²) in [5, 5.41) is 6.28. The Morgan fingerprint density at radius 1 is 1.00 bits per heavy atom. The molecule has 1 aliphatic carbocycles. The first-order chi connectivity index (χ1) is 21.8. The van der Waals surface area contributed by atoms with E-state index in [9.17, 15) is 9.18 Å². The van der Waals surface area contributed by atoms with Gasteiger partial charge in [0.15, 0.2) is 0 Å². The zero-order valence-corrected chi connectivity index (χ0v) is 30.9. The van der Waals surface area contributed by atoms with Crippen molar-refractivity contribution < 1.29 is 23.4 Å². The van der Waals surface area contributed by atoms with Gasteiger partial charge in [-0.3, -0.25) is 9.78 Å². The predicted octanol–water partition coefficient (Wildman–Crippen LogP) is 8.65.